The van der Waals surface area contributed by atoms with E-state index in [4.69, 9.17) is 5.73 Å². The van der Waals surface area contributed by atoms with Crippen LogP contribution in [0, 0.1) is 0 Å². The number of anilines is 1. The minimum absolute atomic E-state index is 0.146. The van der Waals surface area contributed by atoms with E-state index in [1.54, 1.807) is 18.2 Å². The number of aromatic amines is 1. The molecule has 0 saturated heterocycles. The van der Waals surface area contributed by atoms with E-state index in [1.165, 1.54) is 12.1 Å². The van der Waals surface area contributed by atoms with E-state index in [0.29, 0.717) is 12.2 Å². The summed E-state index contributed by atoms with van der Waals surface area (Å²) >= 11 is 0. The molecule has 6 nitrogen and oxygen atoms in total. The topological polar surface area (TPSA) is 101 Å². The van der Waals surface area contributed by atoms with E-state index in [0.717, 1.165) is 5.56 Å². The molecule has 0 spiro atoms. The molecule has 0 radical (unpaired) electrons. The molecule has 0 aliphatic heterocycles. The Kier molecular flexibility index (Phi) is 3.49. The molecule has 1 aromatic heterocycles. The van der Waals surface area contributed by atoms with Crippen LogP contribution in [-0.2, 0) is 6.54 Å². The Hall–Kier alpha value is -2.47. The number of nitrogens with zero attached hydrogens (tertiary/aromatic N) is 1. The molecule has 1 heterocycles. The number of amides is 1. The lowest BCUT2D eigenvalue weighted by Gasteiger charge is -2.05. The molecule has 0 unspecified atom stereocenters. The van der Waals surface area contributed by atoms with Gasteiger partial charge in [0.05, 0.1) is 0 Å². The Morgan fingerprint density at radius 2 is 2.17 bits per heavy atom. The second-order valence-electron chi connectivity index (χ2n) is 3.67. The van der Waals surface area contributed by atoms with Crippen molar-refractivity contribution in [1.29, 1.82) is 0 Å². The van der Waals surface area contributed by atoms with Gasteiger partial charge in [0, 0.05) is 18.3 Å². The average molecular weight is 244 g/mol. The van der Waals surface area contributed by atoms with Crippen LogP contribution in [0.2, 0.25) is 0 Å². The summed E-state index contributed by atoms with van der Waals surface area (Å²) in [6.07, 6.45) is 0. The monoisotopic (exact) mass is 244 g/mol. The van der Waals surface area contributed by atoms with Gasteiger partial charge in [-0.3, -0.25) is 9.59 Å². The summed E-state index contributed by atoms with van der Waals surface area (Å²) in [5.74, 6) is -0.388. The highest BCUT2D eigenvalue weighted by Gasteiger charge is 2.07. The molecule has 6 heteroatoms. The fraction of sp³-hybridized carbons (Fsp3) is 0.0833. The van der Waals surface area contributed by atoms with Gasteiger partial charge in [0.15, 0.2) is 0 Å². The Morgan fingerprint density at radius 3 is 2.83 bits per heavy atom. The van der Waals surface area contributed by atoms with Gasteiger partial charge in [0.2, 0.25) is 0 Å². The molecular formula is C12H12N4O2. The Balaban J connectivity index is 2.15. The number of benzene rings is 1. The zero-order chi connectivity index (χ0) is 13.0. The van der Waals surface area contributed by atoms with E-state index in [1.807, 2.05) is 6.07 Å². The van der Waals surface area contributed by atoms with E-state index >= 15 is 0 Å². The zero-order valence-electron chi connectivity index (χ0n) is 9.51. The number of hydrogen-bond acceptors (Lipinski definition) is 4. The molecule has 0 saturated carbocycles. The van der Waals surface area contributed by atoms with Crippen molar-refractivity contribution >= 4 is 11.6 Å². The smallest absolute Gasteiger partial charge is 0.276 e. The van der Waals surface area contributed by atoms with Gasteiger partial charge in [-0.25, -0.2) is 5.10 Å². The first-order valence-corrected chi connectivity index (χ1v) is 5.35. The summed E-state index contributed by atoms with van der Waals surface area (Å²) in [5, 5.41) is 8.52. The molecule has 2 rings (SSSR count). The first-order chi connectivity index (χ1) is 8.69. The average Bonchev–Trinajstić information content (AvgIpc) is 2.39. The molecule has 2 aromatic rings. The molecule has 0 fully saturated rings. The Bertz CT molecular complexity index is 601. The summed E-state index contributed by atoms with van der Waals surface area (Å²) in [6.45, 7) is 0.403. The summed E-state index contributed by atoms with van der Waals surface area (Å²) in [4.78, 5) is 22.6. The zero-order valence-corrected chi connectivity index (χ0v) is 9.51. The first kappa shape index (κ1) is 12.0. The first-order valence-electron chi connectivity index (χ1n) is 5.35. The minimum atomic E-state index is -0.388. The minimum Gasteiger partial charge on any atom is -0.326 e. The molecule has 92 valence electrons. The lowest BCUT2D eigenvalue weighted by atomic mass is 10.2. The van der Waals surface area contributed by atoms with Gasteiger partial charge in [-0.05, 0) is 23.8 Å². The quantitative estimate of drug-likeness (QED) is 0.731. The number of carbonyl (C=O) groups excluding carboxylic acids is 1. The highest BCUT2D eigenvalue weighted by molar-refractivity contribution is 6.02. The number of hydrogen-bond donors (Lipinski definition) is 3. The lowest BCUT2D eigenvalue weighted by molar-refractivity contribution is 0.102. The number of nitrogens with two attached hydrogens (primary N) is 1. The summed E-state index contributed by atoms with van der Waals surface area (Å²) < 4.78 is 0. The maximum Gasteiger partial charge on any atom is 0.276 e. The van der Waals surface area contributed by atoms with Crippen molar-refractivity contribution in [3.05, 3.63) is 58.0 Å². The lowest BCUT2D eigenvalue weighted by Crippen LogP contribution is -2.17. The van der Waals surface area contributed by atoms with Gasteiger partial charge in [-0.15, -0.1) is 0 Å². The molecule has 0 aliphatic carbocycles. The predicted molar refractivity (Wildman–Crippen MR) is 67.1 cm³/mol. The maximum absolute atomic E-state index is 11.8. The second kappa shape index (κ2) is 5.24. The van der Waals surface area contributed by atoms with Crippen LogP contribution in [0.1, 0.15) is 16.1 Å². The second-order valence-corrected chi connectivity index (χ2v) is 3.67. The molecule has 0 aliphatic rings. The van der Waals surface area contributed by atoms with Crippen LogP contribution < -0.4 is 16.6 Å². The third-order valence-corrected chi connectivity index (χ3v) is 2.33. The summed E-state index contributed by atoms with van der Waals surface area (Å²) in [7, 11) is 0. The fourth-order valence-corrected chi connectivity index (χ4v) is 1.44. The van der Waals surface area contributed by atoms with Gasteiger partial charge in [-0.1, -0.05) is 12.1 Å². The van der Waals surface area contributed by atoms with Crippen LogP contribution in [0.5, 0.6) is 0 Å². The van der Waals surface area contributed by atoms with Crippen LogP contribution in [0.25, 0.3) is 0 Å². The van der Waals surface area contributed by atoms with Crippen molar-refractivity contribution < 1.29 is 4.79 Å². The summed E-state index contributed by atoms with van der Waals surface area (Å²) in [5.41, 5.74) is 6.86. The van der Waals surface area contributed by atoms with Gasteiger partial charge in [0.25, 0.3) is 11.5 Å². The fourth-order valence-electron chi connectivity index (χ4n) is 1.44. The van der Waals surface area contributed by atoms with E-state index in [-0.39, 0.29) is 17.2 Å². The van der Waals surface area contributed by atoms with E-state index < -0.39 is 0 Å². The van der Waals surface area contributed by atoms with Crippen molar-refractivity contribution in [2.75, 3.05) is 5.32 Å². The largest absolute Gasteiger partial charge is 0.326 e. The molecule has 4 N–H and O–H groups in total. The Morgan fingerprint density at radius 1 is 1.33 bits per heavy atom. The van der Waals surface area contributed by atoms with Gasteiger partial charge in [-0.2, -0.15) is 5.10 Å². The molecule has 18 heavy (non-hydrogen) atoms. The third-order valence-electron chi connectivity index (χ3n) is 2.33. The SMILES string of the molecule is NCc1cccc(NC(=O)c2ccc(=O)[nH]n2)c1. The van der Waals surface area contributed by atoms with Gasteiger partial charge in [0.1, 0.15) is 5.69 Å². The van der Waals surface area contributed by atoms with Crippen molar-refractivity contribution in [3.63, 3.8) is 0 Å². The molecule has 1 aromatic carbocycles. The number of carbonyl (C=O) groups is 1. The van der Waals surface area contributed by atoms with Crippen LogP contribution in [0.3, 0.4) is 0 Å². The van der Waals surface area contributed by atoms with Crippen LogP contribution in [-0.4, -0.2) is 16.1 Å². The van der Waals surface area contributed by atoms with Crippen LogP contribution in [0.4, 0.5) is 5.69 Å². The normalized spacial score (nSPS) is 10.1. The van der Waals surface area contributed by atoms with Crippen LogP contribution >= 0.6 is 0 Å². The van der Waals surface area contributed by atoms with Gasteiger partial charge < -0.3 is 11.1 Å². The third kappa shape index (κ3) is 2.80. The number of aromatic nitrogens is 2. The highest BCUT2D eigenvalue weighted by Crippen LogP contribution is 2.10. The van der Waals surface area contributed by atoms with E-state index in [2.05, 4.69) is 15.5 Å². The molecule has 0 atom stereocenters. The van der Waals surface area contributed by atoms with Crippen molar-refractivity contribution in [2.45, 2.75) is 6.54 Å². The van der Waals surface area contributed by atoms with Crippen molar-refractivity contribution in [1.82, 2.24) is 10.2 Å². The predicted octanol–water partition coefficient (Wildman–Crippen LogP) is 0.481. The maximum atomic E-state index is 11.8. The van der Waals surface area contributed by atoms with E-state index in [9.17, 15) is 9.59 Å². The van der Waals surface area contributed by atoms with Crippen molar-refractivity contribution in [3.8, 4) is 0 Å². The van der Waals surface area contributed by atoms with Gasteiger partial charge >= 0.3 is 0 Å². The van der Waals surface area contributed by atoms with Crippen LogP contribution in [0.15, 0.2) is 41.2 Å². The molecular weight excluding hydrogens is 232 g/mol. The summed E-state index contributed by atoms with van der Waals surface area (Å²) in [6, 6.07) is 9.82. The highest BCUT2D eigenvalue weighted by atomic mass is 16.2. The number of nitrogens with one attached hydrogen (secondary N) is 2. The standard InChI is InChI=1S/C12H12N4O2/c13-7-8-2-1-3-9(6-8)14-12(18)10-4-5-11(17)16-15-10/h1-6H,7,13H2,(H,14,18)(H,16,17). The molecule has 1 amide bonds. The van der Waals surface area contributed by atoms with Crippen molar-refractivity contribution in [2.24, 2.45) is 5.73 Å². The number of rotatable bonds is 3. The Labute approximate surface area is 103 Å². The molecule has 0 bridgehead atoms. The number of H-pyrrole nitrogens is 1.